The Labute approximate surface area is 239 Å². The zero-order chi connectivity index (χ0) is 29.6. The summed E-state index contributed by atoms with van der Waals surface area (Å²) < 4.78 is 29.0. The summed E-state index contributed by atoms with van der Waals surface area (Å²) in [6, 6.07) is 1.92. The number of carbonyl (C=O) groups is 4. The molecule has 2 unspecified atom stereocenters. The first-order valence-electron chi connectivity index (χ1n) is 14.2. The van der Waals surface area contributed by atoms with Crippen molar-refractivity contribution in [3.8, 4) is 0 Å². The number of aliphatic hydroxyl groups is 1. The van der Waals surface area contributed by atoms with Crippen LogP contribution in [0.2, 0.25) is 0 Å². The molecule has 3 aliphatic carbocycles. The number of aldehydes is 1. The number of aliphatic hydroxyl groups excluding tert-OH is 1. The van der Waals surface area contributed by atoms with Crippen LogP contribution in [0.25, 0.3) is 0 Å². The van der Waals surface area contributed by atoms with Gasteiger partial charge in [-0.25, -0.2) is 4.79 Å². The monoisotopic (exact) mass is 570 g/mol. The van der Waals surface area contributed by atoms with Crippen molar-refractivity contribution < 1.29 is 47.6 Å². The van der Waals surface area contributed by atoms with E-state index in [1.54, 1.807) is 32.4 Å². The Morgan fingerprint density at radius 2 is 1.90 bits per heavy atom. The molecule has 1 aromatic rings. The van der Waals surface area contributed by atoms with Gasteiger partial charge >= 0.3 is 17.9 Å². The highest BCUT2D eigenvalue weighted by atomic mass is 16.6. The topological polar surface area (TPSA) is 139 Å². The number of furan rings is 1. The van der Waals surface area contributed by atoms with Crippen molar-refractivity contribution in [2.75, 3.05) is 7.11 Å². The highest BCUT2D eigenvalue weighted by Gasteiger charge is 2.65. The summed E-state index contributed by atoms with van der Waals surface area (Å²) in [5, 5.41) is 11.1. The van der Waals surface area contributed by atoms with Crippen LogP contribution in [0.3, 0.4) is 0 Å². The van der Waals surface area contributed by atoms with Gasteiger partial charge in [-0.3, -0.25) is 9.59 Å². The summed E-state index contributed by atoms with van der Waals surface area (Å²) in [7, 11) is 1.32. The second kappa shape index (κ2) is 11.6. The SMILES string of the molecule is C/C=C(\C)C(=O)O[C@H]1C[C@@H](O)[C@@H](C=O)[C@H]2C1[C@@H](CC(=O)OC)C1C3=C(C)[C@H](c4ccoc4)C[C@H]3O[C@@H]1[C@@H]2OC(C)=O. The number of allylic oxidation sites excluding steroid dienone is 2. The van der Waals surface area contributed by atoms with Gasteiger partial charge < -0.3 is 33.3 Å². The molecule has 0 bridgehead atoms. The minimum Gasteiger partial charge on any atom is -0.472 e. The number of esters is 3. The maximum absolute atomic E-state index is 13.0. The number of fused-ring (bicyclic) bond motifs is 4. The first-order valence-corrected chi connectivity index (χ1v) is 14.2. The van der Waals surface area contributed by atoms with Gasteiger partial charge in [0.15, 0.2) is 0 Å². The fourth-order valence-corrected chi connectivity index (χ4v) is 7.95. The van der Waals surface area contributed by atoms with Crippen molar-refractivity contribution in [3.63, 3.8) is 0 Å². The molecule has 3 fully saturated rings. The van der Waals surface area contributed by atoms with Gasteiger partial charge in [0.05, 0.1) is 31.8 Å². The minimum atomic E-state index is -1.14. The lowest BCUT2D eigenvalue weighted by molar-refractivity contribution is -0.216. The van der Waals surface area contributed by atoms with E-state index in [1.165, 1.54) is 14.0 Å². The Hall–Kier alpha value is -3.24. The summed E-state index contributed by atoms with van der Waals surface area (Å²) in [5.41, 5.74) is 3.55. The van der Waals surface area contributed by atoms with E-state index in [0.717, 1.165) is 16.7 Å². The van der Waals surface area contributed by atoms with Gasteiger partial charge in [-0.2, -0.15) is 0 Å². The van der Waals surface area contributed by atoms with Gasteiger partial charge in [-0.15, -0.1) is 0 Å². The van der Waals surface area contributed by atoms with Gasteiger partial charge in [0.1, 0.15) is 24.6 Å². The maximum Gasteiger partial charge on any atom is 0.333 e. The first-order chi connectivity index (χ1) is 19.6. The smallest absolute Gasteiger partial charge is 0.333 e. The molecule has 0 radical (unpaired) electrons. The van der Waals surface area contributed by atoms with E-state index in [9.17, 15) is 24.3 Å². The largest absolute Gasteiger partial charge is 0.472 e. The van der Waals surface area contributed by atoms with Crippen LogP contribution in [0.5, 0.6) is 0 Å². The number of hydrogen-bond donors (Lipinski definition) is 1. The lowest BCUT2D eigenvalue weighted by Crippen LogP contribution is -2.63. The summed E-state index contributed by atoms with van der Waals surface area (Å²) >= 11 is 0. The maximum atomic E-state index is 13.0. The van der Waals surface area contributed by atoms with Gasteiger partial charge in [0.2, 0.25) is 0 Å². The van der Waals surface area contributed by atoms with Gasteiger partial charge in [-0.05, 0) is 50.3 Å². The average molecular weight is 571 g/mol. The molecule has 41 heavy (non-hydrogen) atoms. The third-order valence-electron chi connectivity index (χ3n) is 9.75. The van der Waals surface area contributed by atoms with Crippen molar-refractivity contribution in [3.05, 3.63) is 47.0 Å². The van der Waals surface area contributed by atoms with E-state index in [4.69, 9.17) is 23.4 Å². The molecule has 1 aromatic heterocycles. The van der Waals surface area contributed by atoms with E-state index < -0.39 is 66.0 Å². The molecule has 0 spiro atoms. The molecule has 4 aliphatic rings. The summed E-state index contributed by atoms with van der Waals surface area (Å²) in [6.45, 7) is 6.70. The van der Waals surface area contributed by atoms with Crippen LogP contribution in [0.15, 0.2) is 45.8 Å². The van der Waals surface area contributed by atoms with Crippen LogP contribution in [0.1, 0.15) is 58.4 Å². The van der Waals surface area contributed by atoms with Crippen LogP contribution in [0.4, 0.5) is 0 Å². The van der Waals surface area contributed by atoms with Crippen molar-refractivity contribution >= 4 is 24.2 Å². The van der Waals surface area contributed by atoms with Crippen LogP contribution in [-0.4, -0.2) is 66.9 Å². The molecule has 1 aliphatic heterocycles. The van der Waals surface area contributed by atoms with Crippen molar-refractivity contribution in [2.24, 2.45) is 29.6 Å². The zero-order valence-electron chi connectivity index (χ0n) is 24.0. The van der Waals surface area contributed by atoms with E-state index in [-0.39, 0.29) is 30.8 Å². The summed E-state index contributed by atoms with van der Waals surface area (Å²) in [5.74, 6) is -4.59. The zero-order valence-corrected chi connectivity index (χ0v) is 24.0. The minimum absolute atomic E-state index is 0.00905. The van der Waals surface area contributed by atoms with Crippen LogP contribution in [-0.2, 0) is 38.1 Å². The molecule has 222 valence electrons. The molecule has 5 rings (SSSR count). The molecule has 2 saturated carbocycles. The molecular formula is C31H38O10. The van der Waals surface area contributed by atoms with Crippen LogP contribution >= 0.6 is 0 Å². The fraction of sp³-hybridized carbons (Fsp3) is 0.613. The number of rotatable bonds is 7. The van der Waals surface area contributed by atoms with Crippen molar-refractivity contribution in [1.29, 1.82) is 0 Å². The molecule has 1 saturated heterocycles. The Morgan fingerprint density at radius 3 is 2.51 bits per heavy atom. The molecule has 11 atom stereocenters. The highest BCUT2D eigenvalue weighted by molar-refractivity contribution is 5.87. The molecule has 1 N–H and O–H groups in total. The number of carbonyl (C=O) groups excluding carboxylic acids is 4. The predicted octanol–water partition coefficient (Wildman–Crippen LogP) is 3.28. The quantitative estimate of drug-likeness (QED) is 0.171. The van der Waals surface area contributed by atoms with Gasteiger partial charge in [0, 0.05) is 54.9 Å². The lowest BCUT2D eigenvalue weighted by atomic mass is 9.53. The number of methoxy groups -OCH3 is 1. The Kier molecular flexibility index (Phi) is 8.25. The Morgan fingerprint density at radius 1 is 1.15 bits per heavy atom. The third kappa shape index (κ3) is 5.05. The second-order valence-electron chi connectivity index (χ2n) is 11.7. The normalized spacial score (nSPS) is 38.0. The summed E-state index contributed by atoms with van der Waals surface area (Å²) in [4.78, 5) is 50.8. The van der Waals surface area contributed by atoms with Crippen molar-refractivity contribution in [1.82, 2.24) is 0 Å². The molecule has 10 nitrogen and oxygen atoms in total. The Balaban J connectivity index is 1.66. The highest BCUT2D eigenvalue weighted by Crippen LogP contribution is 2.61. The van der Waals surface area contributed by atoms with Crippen LogP contribution in [0, 0.1) is 29.6 Å². The average Bonchev–Trinajstić information content (AvgIpc) is 3.66. The number of ether oxygens (including phenoxy) is 4. The molecule has 0 amide bonds. The number of hydrogen-bond acceptors (Lipinski definition) is 10. The summed E-state index contributed by atoms with van der Waals surface area (Å²) in [6.07, 6.45) is 2.47. The van der Waals surface area contributed by atoms with E-state index in [2.05, 4.69) is 0 Å². The standard InChI is InChI=1S/C31H38O10/c1-6-14(2)31(36)41-23-11-21(34)20(12-32)28-26(23)19(10-24(35)37-5)27-25-15(3)18(17-7-8-38-13-17)9-22(25)40-30(27)29(28)39-16(4)33/h6-8,12-13,18-23,26-30,34H,9-11H2,1-5H3/b14-6+/t18-,19-,20-,21-,22-,23+,26?,27?,28+,29-,30+/m1/s1. The van der Waals surface area contributed by atoms with E-state index in [0.29, 0.717) is 18.3 Å². The Bertz CT molecular complexity index is 1250. The fourth-order valence-electron chi connectivity index (χ4n) is 7.95. The predicted molar refractivity (Wildman–Crippen MR) is 143 cm³/mol. The molecular weight excluding hydrogens is 532 g/mol. The van der Waals surface area contributed by atoms with E-state index in [1.807, 2.05) is 13.0 Å². The van der Waals surface area contributed by atoms with Crippen molar-refractivity contribution in [2.45, 2.75) is 83.4 Å². The molecule has 0 aromatic carbocycles. The molecule has 10 heteroatoms. The van der Waals surface area contributed by atoms with Gasteiger partial charge in [0.25, 0.3) is 0 Å². The second-order valence-corrected chi connectivity index (χ2v) is 11.7. The third-order valence-corrected chi connectivity index (χ3v) is 9.75. The van der Waals surface area contributed by atoms with Gasteiger partial charge in [-0.1, -0.05) is 11.6 Å². The molecule has 2 heterocycles. The van der Waals surface area contributed by atoms with E-state index >= 15 is 0 Å². The first kappa shape index (κ1) is 29.3. The lowest BCUT2D eigenvalue weighted by Gasteiger charge is -2.55. The van der Waals surface area contributed by atoms with Crippen LogP contribution < -0.4 is 0 Å².